The first-order chi connectivity index (χ1) is 22.8. The van der Waals surface area contributed by atoms with Crippen molar-refractivity contribution < 1.29 is 28.7 Å². The zero-order valence-corrected chi connectivity index (χ0v) is 25.8. The minimum Gasteiger partial charge on any atom is -0.469 e. The first kappa shape index (κ1) is 32.4. The summed E-state index contributed by atoms with van der Waals surface area (Å²) in [5.41, 5.74) is 10.7. The van der Waals surface area contributed by atoms with E-state index in [2.05, 4.69) is 15.6 Å². The number of benzene rings is 4. The van der Waals surface area contributed by atoms with Gasteiger partial charge in [-0.25, -0.2) is 4.79 Å². The predicted octanol–water partition coefficient (Wildman–Crippen LogP) is 4.91. The molecule has 1 heterocycles. The molecule has 4 aromatic carbocycles. The van der Waals surface area contributed by atoms with Gasteiger partial charge in [-0.2, -0.15) is 4.99 Å². The Morgan fingerprint density at radius 1 is 0.915 bits per heavy atom. The normalized spacial score (nSPS) is 14.3. The van der Waals surface area contributed by atoms with E-state index in [1.807, 2.05) is 60.7 Å². The van der Waals surface area contributed by atoms with E-state index in [0.29, 0.717) is 35.5 Å². The van der Waals surface area contributed by atoms with Gasteiger partial charge in [0, 0.05) is 35.6 Å². The summed E-state index contributed by atoms with van der Waals surface area (Å²) in [4.78, 5) is 56.5. The number of anilines is 2. The van der Waals surface area contributed by atoms with Gasteiger partial charge in [-0.15, -0.1) is 0 Å². The lowest BCUT2D eigenvalue weighted by molar-refractivity contribution is -0.144. The zero-order chi connectivity index (χ0) is 33.2. The highest BCUT2D eigenvalue weighted by atomic mass is 16.5. The second kappa shape index (κ2) is 15.3. The molecule has 1 aliphatic heterocycles. The summed E-state index contributed by atoms with van der Waals surface area (Å²) in [7, 11) is 1.29. The second-order valence-electron chi connectivity index (χ2n) is 10.9. The number of carbonyl (C=O) groups excluding carboxylic acids is 4. The third-order valence-corrected chi connectivity index (χ3v) is 7.64. The first-order valence-electron chi connectivity index (χ1n) is 15.0. The fourth-order valence-electron chi connectivity index (χ4n) is 5.09. The molecular formula is C36H35N5O6. The second-order valence-corrected chi connectivity index (χ2v) is 10.9. The maximum absolute atomic E-state index is 13.5. The lowest BCUT2D eigenvalue weighted by Crippen LogP contribution is -2.42. The van der Waals surface area contributed by atoms with Crippen molar-refractivity contribution in [3.63, 3.8) is 0 Å². The Bertz CT molecular complexity index is 1760. The van der Waals surface area contributed by atoms with E-state index in [4.69, 9.17) is 15.2 Å². The van der Waals surface area contributed by atoms with Crippen LogP contribution in [0.15, 0.2) is 108 Å². The molecule has 0 aliphatic carbocycles. The van der Waals surface area contributed by atoms with Crippen molar-refractivity contribution in [1.29, 1.82) is 0 Å². The standard InChI is InChI=1S/C36H35N5O6/c1-46-32(42)21-31-35(44)41(19-18-24-8-4-2-5-9-24)22-28-20-27(14-17-30(28)39-31)34(43)38-29-15-12-26(13-16-29)33(37)40-36(45)47-23-25-10-6-3-7-11-25/h2-17,20,31,39H,18-19,21-23H2,1H3,(H,38,43)(H2,37,40,45)/t31-/m0/s1. The van der Waals surface area contributed by atoms with E-state index in [1.165, 1.54) is 7.11 Å². The third kappa shape index (κ3) is 8.82. The van der Waals surface area contributed by atoms with E-state index in [-0.39, 0.29) is 37.2 Å². The van der Waals surface area contributed by atoms with Gasteiger partial charge in [0.15, 0.2) is 0 Å². The molecule has 3 amide bonds. The van der Waals surface area contributed by atoms with Gasteiger partial charge in [0.1, 0.15) is 18.5 Å². The van der Waals surface area contributed by atoms with Gasteiger partial charge in [0.25, 0.3) is 5.91 Å². The SMILES string of the molecule is COC(=O)C[C@@H]1Nc2ccc(C(=O)Nc3ccc(/C(N)=N/C(=O)OCc4ccccc4)cc3)cc2CN(CCc2ccccc2)C1=O. The molecule has 0 saturated heterocycles. The van der Waals surface area contributed by atoms with E-state index in [1.54, 1.807) is 47.4 Å². The van der Waals surface area contributed by atoms with Crippen LogP contribution in [0.3, 0.4) is 0 Å². The summed E-state index contributed by atoms with van der Waals surface area (Å²) in [6.07, 6.45) is -0.301. The number of methoxy groups -OCH3 is 1. The van der Waals surface area contributed by atoms with Crippen LogP contribution in [0.25, 0.3) is 0 Å². The Balaban J connectivity index is 1.25. The van der Waals surface area contributed by atoms with Crippen molar-refractivity contribution in [3.05, 3.63) is 131 Å². The monoisotopic (exact) mass is 633 g/mol. The van der Waals surface area contributed by atoms with Crippen molar-refractivity contribution in [2.45, 2.75) is 32.0 Å². The molecule has 4 aromatic rings. The molecule has 0 spiro atoms. The molecule has 0 saturated carbocycles. The molecule has 0 bridgehead atoms. The highest BCUT2D eigenvalue weighted by molar-refractivity contribution is 6.06. The molecule has 0 fully saturated rings. The predicted molar refractivity (Wildman–Crippen MR) is 178 cm³/mol. The highest BCUT2D eigenvalue weighted by Crippen LogP contribution is 2.26. The smallest absolute Gasteiger partial charge is 0.435 e. The molecule has 0 unspecified atom stereocenters. The van der Waals surface area contributed by atoms with E-state index in [0.717, 1.165) is 16.7 Å². The van der Waals surface area contributed by atoms with Crippen molar-refractivity contribution in [2.24, 2.45) is 10.7 Å². The number of carbonyl (C=O) groups is 4. The summed E-state index contributed by atoms with van der Waals surface area (Å²) < 4.78 is 9.98. The topological polar surface area (TPSA) is 152 Å². The number of nitrogens with one attached hydrogen (secondary N) is 2. The molecule has 1 aliphatic rings. The molecule has 0 radical (unpaired) electrons. The van der Waals surface area contributed by atoms with Crippen LogP contribution in [0.1, 0.15) is 39.0 Å². The quantitative estimate of drug-likeness (QED) is 0.127. The van der Waals surface area contributed by atoms with Gasteiger partial charge in [-0.05, 0) is 65.6 Å². The van der Waals surface area contributed by atoms with Gasteiger partial charge in [-0.1, -0.05) is 60.7 Å². The van der Waals surface area contributed by atoms with Crippen LogP contribution in [0.5, 0.6) is 0 Å². The number of hydrogen-bond donors (Lipinski definition) is 3. The summed E-state index contributed by atoms with van der Waals surface area (Å²) in [6, 6.07) is 29.9. The Hall–Kier alpha value is -5.97. The number of esters is 1. The summed E-state index contributed by atoms with van der Waals surface area (Å²) in [5.74, 6) is -1.10. The number of rotatable bonds is 10. The number of ether oxygens (including phenoxy) is 2. The number of fused-ring (bicyclic) bond motifs is 1. The average Bonchev–Trinajstić information content (AvgIpc) is 3.22. The van der Waals surface area contributed by atoms with Crippen LogP contribution in [-0.4, -0.2) is 54.3 Å². The van der Waals surface area contributed by atoms with Crippen molar-refractivity contribution in [3.8, 4) is 0 Å². The maximum atomic E-state index is 13.5. The molecule has 11 heteroatoms. The number of aliphatic imine (C=N–C) groups is 1. The van der Waals surface area contributed by atoms with Crippen LogP contribution >= 0.6 is 0 Å². The molecule has 4 N–H and O–H groups in total. The Morgan fingerprint density at radius 3 is 2.26 bits per heavy atom. The maximum Gasteiger partial charge on any atom is 0.435 e. The average molecular weight is 634 g/mol. The van der Waals surface area contributed by atoms with Crippen LogP contribution in [0, 0.1) is 0 Å². The molecule has 5 rings (SSSR count). The number of nitrogens with zero attached hydrogens (tertiary/aromatic N) is 2. The molecule has 11 nitrogen and oxygen atoms in total. The Labute approximate surface area is 272 Å². The summed E-state index contributed by atoms with van der Waals surface area (Å²) >= 11 is 0. The summed E-state index contributed by atoms with van der Waals surface area (Å²) in [5, 5.41) is 6.05. The number of amides is 3. The number of hydrogen-bond acceptors (Lipinski definition) is 7. The summed E-state index contributed by atoms with van der Waals surface area (Å²) in [6.45, 7) is 0.770. The van der Waals surface area contributed by atoms with Gasteiger partial charge < -0.3 is 30.7 Å². The highest BCUT2D eigenvalue weighted by Gasteiger charge is 2.31. The van der Waals surface area contributed by atoms with Crippen LogP contribution in [0.2, 0.25) is 0 Å². The van der Waals surface area contributed by atoms with Gasteiger partial charge >= 0.3 is 12.1 Å². The minimum absolute atomic E-state index is 0.0175. The van der Waals surface area contributed by atoms with Crippen LogP contribution < -0.4 is 16.4 Å². The van der Waals surface area contributed by atoms with Gasteiger partial charge in [0.2, 0.25) is 5.91 Å². The lowest BCUT2D eigenvalue weighted by atomic mass is 10.1. The first-order valence-corrected chi connectivity index (χ1v) is 15.0. The largest absolute Gasteiger partial charge is 0.469 e. The Morgan fingerprint density at radius 2 is 1.57 bits per heavy atom. The molecule has 1 atom stereocenters. The van der Waals surface area contributed by atoms with Crippen molar-refractivity contribution >= 4 is 41.1 Å². The number of nitrogens with two attached hydrogens (primary N) is 1. The fraction of sp³-hybridized carbons (Fsp3) is 0.194. The van der Waals surface area contributed by atoms with Gasteiger partial charge in [-0.3, -0.25) is 14.4 Å². The van der Waals surface area contributed by atoms with E-state index < -0.39 is 18.1 Å². The molecule has 240 valence electrons. The molecule has 0 aromatic heterocycles. The third-order valence-electron chi connectivity index (χ3n) is 7.64. The van der Waals surface area contributed by atoms with E-state index in [9.17, 15) is 19.2 Å². The van der Waals surface area contributed by atoms with Crippen LogP contribution in [0.4, 0.5) is 16.2 Å². The number of amidine groups is 1. The van der Waals surface area contributed by atoms with Crippen LogP contribution in [-0.2, 0) is 38.6 Å². The molecule has 47 heavy (non-hydrogen) atoms. The lowest BCUT2D eigenvalue weighted by Gasteiger charge is -2.24. The molecular weight excluding hydrogens is 598 g/mol. The van der Waals surface area contributed by atoms with Gasteiger partial charge in [0.05, 0.1) is 13.5 Å². The zero-order valence-electron chi connectivity index (χ0n) is 25.8. The fourth-order valence-corrected chi connectivity index (χ4v) is 5.09. The van der Waals surface area contributed by atoms with Crippen molar-refractivity contribution in [2.75, 3.05) is 24.3 Å². The Kier molecular flexibility index (Phi) is 10.6. The van der Waals surface area contributed by atoms with Crippen molar-refractivity contribution in [1.82, 2.24) is 4.90 Å². The minimum atomic E-state index is -0.807. The van der Waals surface area contributed by atoms with E-state index >= 15 is 0 Å².